The number of rotatable bonds is 5. The van der Waals surface area contributed by atoms with E-state index in [-0.39, 0.29) is 18.4 Å². The molecule has 1 aromatic heterocycles. The summed E-state index contributed by atoms with van der Waals surface area (Å²) in [5, 5.41) is 3.70. The predicted molar refractivity (Wildman–Crippen MR) is 120 cm³/mol. The predicted octanol–water partition coefficient (Wildman–Crippen LogP) is 4.56. The first-order valence-corrected chi connectivity index (χ1v) is 10.7. The van der Waals surface area contributed by atoms with Crippen LogP contribution in [0.15, 0.2) is 53.0 Å². The average molecular weight is 468 g/mol. The Morgan fingerprint density at radius 2 is 1.93 bits per heavy atom. The van der Waals surface area contributed by atoms with Gasteiger partial charge in [0.25, 0.3) is 11.8 Å². The van der Waals surface area contributed by atoms with Crippen LogP contribution in [0, 0.1) is 6.92 Å². The topological polar surface area (TPSA) is 71.5 Å². The number of benzene rings is 2. The molecule has 154 valence electrons. The van der Waals surface area contributed by atoms with E-state index in [1.165, 1.54) is 0 Å². The van der Waals surface area contributed by atoms with Crippen LogP contribution in [-0.4, -0.2) is 41.4 Å². The number of nitrogens with zero attached hydrogens (tertiary/aromatic N) is 2. The Morgan fingerprint density at radius 1 is 1.13 bits per heavy atom. The van der Waals surface area contributed by atoms with E-state index in [2.05, 4.69) is 26.2 Å². The van der Waals surface area contributed by atoms with Crippen LogP contribution in [0.3, 0.4) is 0 Å². The SMILES string of the molecule is Cc1cc(C(=O)Nc2cccc(OCC(=O)N3CCCC3)c2)c2cc(Br)ccc2n1. The summed E-state index contributed by atoms with van der Waals surface area (Å²) in [6.45, 7) is 3.46. The zero-order valence-corrected chi connectivity index (χ0v) is 18.2. The van der Waals surface area contributed by atoms with Crippen molar-refractivity contribution in [2.75, 3.05) is 25.0 Å². The zero-order chi connectivity index (χ0) is 21.1. The number of nitrogens with one attached hydrogen (secondary N) is 1. The van der Waals surface area contributed by atoms with Gasteiger partial charge in [-0.05, 0) is 56.2 Å². The molecule has 0 spiro atoms. The number of amides is 2. The molecule has 1 N–H and O–H groups in total. The van der Waals surface area contributed by atoms with Crippen LogP contribution < -0.4 is 10.1 Å². The molecule has 0 radical (unpaired) electrons. The van der Waals surface area contributed by atoms with E-state index in [1.54, 1.807) is 30.3 Å². The van der Waals surface area contributed by atoms with Gasteiger partial charge >= 0.3 is 0 Å². The Morgan fingerprint density at radius 3 is 2.73 bits per heavy atom. The molecule has 1 aliphatic rings. The summed E-state index contributed by atoms with van der Waals surface area (Å²) in [7, 11) is 0. The Balaban J connectivity index is 1.49. The number of carbonyl (C=O) groups is 2. The van der Waals surface area contributed by atoms with Crippen molar-refractivity contribution in [1.82, 2.24) is 9.88 Å². The number of anilines is 1. The van der Waals surface area contributed by atoms with Crippen LogP contribution >= 0.6 is 15.9 Å². The highest BCUT2D eigenvalue weighted by atomic mass is 79.9. The summed E-state index contributed by atoms with van der Waals surface area (Å²) in [4.78, 5) is 31.5. The van der Waals surface area contributed by atoms with Gasteiger partial charge in [-0.25, -0.2) is 0 Å². The average Bonchev–Trinajstić information content (AvgIpc) is 3.27. The molecule has 0 bridgehead atoms. The summed E-state index contributed by atoms with van der Waals surface area (Å²) in [6.07, 6.45) is 2.10. The third-order valence-corrected chi connectivity index (χ3v) is 5.55. The third-order valence-electron chi connectivity index (χ3n) is 5.06. The van der Waals surface area contributed by atoms with E-state index in [0.717, 1.165) is 47.0 Å². The van der Waals surface area contributed by atoms with Crippen LogP contribution in [-0.2, 0) is 4.79 Å². The van der Waals surface area contributed by atoms with Crippen LogP contribution in [0.5, 0.6) is 5.75 Å². The molecule has 0 saturated carbocycles. The van der Waals surface area contributed by atoms with Crippen molar-refractivity contribution >= 4 is 44.3 Å². The lowest BCUT2D eigenvalue weighted by molar-refractivity contribution is -0.132. The normalized spacial score (nSPS) is 13.5. The van der Waals surface area contributed by atoms with Crippen molar-refractivity contribution in [2.24, 2.45) is 0 Å². The van der Waals surface area contributed by atoms with Gasteiger partial charge in [0.15, 0.2) is 6.61 Å². The Labute approximate surface area is 183 Å². The number of carbonyl (C=O) groups excluding carboxylic acids is 2. The van der Waals surface area contributed by atoms with Crippen molar-refractivity contribution in [2.45, 2.75) is 19.8 Å². The van der Waals surface area contributed by atoms with Gasteiger partial charge in [0.2, 0.25) is 0 Å². The van der Waals surface area contributed by atoms with Crippen LogP contribution in [0.4, 0.5) is 5.69 Å². The highest BCUT2D eigenvalue weighted by Crippen LogP contribution is 2.25. The van der Waals surface area contributed by atoms with E-state index in [4.69, 9.17) is 4.74 Å². The van der Waals surface area contributed by atoms with Gasteiger partial charge in [0.05, 0.1) is 11.1 Å². The lowest BCUT2D eigenvalue weighted by Crippen LogP contribution is -2.32. The molecule has 1 saturated heterocycles. The number of pyridine rings is 1. The van der Waals surface area contributed by atoms with E-state index < -0.39 is 0 Å². The van der Waals surface area contributed by atoms with Crippen molar-refractivity contribution in [3.8, 4) is 5.75 Å². The third kappa shape index (κ3) is 4.62. The maximum atomic E-state index is 13.0. The molecule has 0 atom stereocenters. The summed E-state index contributed by atoms with van der Waals surface area (Å²) in [6, 6.07) is 14.5. The second-order valence-electron chi connectivity index (χ2n) is 7.33. The van der Waals surface area contributed by atoms with Crippen molar-refractivity contribution in [1.29, 1.82) is 0 Å². The summed E-state index contributed by atoms with van der Waals surface area (Å²) >= 11 is 3.46. The number of hydrogen-bond acceptors (Lipinski definition) is 4. The monoisotopic (exact) mass is 467 g/mol. The maximum Gasteiger partial charge on any atom is 0.260 e. The molecule has 1 aliphatic heterocycles. The highest BCUT2D eigenvalue weighted by molar-refractivity contribution is 9.10. The quantitative estimate of drug-likeness (QED) is 0.596. The van der Waals surface area contributed by atoms with Gasteiger partial charge in [0, 0.05) is 40.4 Å². The molecule has 2 aromatic carbocycles. The fourth-order valence-electron chi connectivity index (χ4n) is 3.58. The van der Waals surface area contributed by atoms with E-state index in [9.17, 15) is 9.59 Å². The molecule has 30 heavy (non-hydrogen) atoms. The standard InChI is InChI=1S/C23H22BrN3O3/c1-15-11-20(19-12-16(24)7-8-21(19)25-15)23(29)26-17-5-4-6-18(13-17)30-14-22(28)27-9-2-3-10-27/h4-8,11-13H,2-3,9-10,14H2,1H3,(H,26,29). The molecule has 7 heteroatoms. The second-order valence-corrected chi connectivity index (χ2v) is 8.25. The summed E-state index contributed by atoms with van der Waals surface area (Å²) in [5.41, 5.74) is 2.69. The number of aryl methyl sites for hydroxylation is 1. The number of aromatic nitrogens is 1. The highest BCUT2D eigenvalue weighted by Gasteiger charge is 2.18. The van der Waals surface area contributed by atoms with Crippen LogP contribution in [0.1, 0.15) is 28.9 Å². The molecule has 3 aromatic rings. The minimum atomic E-state index is -0.228. The van der Waals surface area contributed by atoms with E-state index >= 15 is 0 Å². The smallest absolute Gasteiger partial charge is 0.260 e. The number of fused-ring (bicyclic) bond motifs is 1. The van der Waals surface area contributed by atoms with E-state index in [0.29, 0.717) is 17.0 Å². The molecule has 2 heterocycles. The minimum absolute atomic E-state index is 0.000383. The fourth-order valence-corrected chi connectivity index (χ4v) is 3.94. The first-order valence-electron chi connectivity index (χ1n) is 9.88. The number of ether oxygens (including phenoxy) is 1. The van der Waals surface area contributed by atoms with Gasteiger partial charge in [-0.15, -0.1) is 0 Å². The summed E-state index contributed by atoms with van der Waals surface area (Å²) in [5.74, 6) is 0.305. The first kappa shape index (κ1) is 20.3. The summed E-state index contributed by atoms with van der Waals surface area (Å²) < 4.78 is 6.54. The molecular formula is C23H22BrN3O3. The van der Waals surface area contributed by atoms with E-state index in [1.807, 2.05) is 30.0 Å². The molecule has 0 aliphatic carbocycles. The van der Waals surface area contributed by atoms with Gasteiger partial charge in [0.1, 0.15) is 5.75 Å². The van der Waals surface area contributed by atoms with Gasteiger partial charge in [-0.2, -0.15) is 0 Å². The lowest BCUT2D eigenvalue weighted by Gasteiger charge is -2.16. The first-order chi connectivity index (χ1) is 14.5. The largest absolute Gasteiger partial charge is 0.484 e. The van der Waals surface area contributed by atoms with Crippen molar-refractivity contribution in [3.05, 3.63) is 64.3 Å². The van der Waals surface area contributed by atoms with Crippen molar-refractivity contribution in [3.63, 3.8) is 0 Å². The Bertz CT molecular complexity index is 1110. The minimum Gasteiger partial charge on any atom is -0.484 e. The fraction of sp³-hybridized carbons (Fsp3) is 0.261. The van der Waals surface area contributed by atoms with Crippen LogP contribution in [0.2, 0.25) is 0 Å². The van der Waals surface area contributed by atoms with Gasteiger partial charge in [-0.1, -0.05) is 22.0 Å². The zero-order valence-electron chi connectivity index (χ0n) is 16.7. The van der Waals surface area contributed by atoms with Crippen molar-refractivity contribution < 1.29 is 14.3 Å². The number of halogens is 1. The molecule has 1 fully saturated rings. The van der Waals surface area contributed by atoms with Gasteiger partial charge in [-0.3, -0.25) is 14.6 Å². The Hall–Kier alpha value is -2.93. The molecular weight excluding hydrogens is 446 g/mol. The number of hydrogen-bond donors (Lipinski definition) is 1. The van der Waals surface area contributed by atoms with Crippen LogP contribution in [0.25, 0.3) is 10.9 Å². The van der Waals surface area contributed by atoms with Gasteiger partial charge < -0.3 is 15.0 Å². The molecule has 6 nitrogen and oxygen atoms in total. The lowest BCUT2D eigenvalue weighted by atomic mass is 10.1. The second kappa shape index (κ2) is 8.83. The molecule has 4 rings (SSSR count). The molecule has 0 unspecified atom stereocenters. The number of likely N-dealkylation sites (tertiary alicyclic amines) is 1. The Kier molecular flexibility index (Phi) is 5.99. The molecule has 2 amide bonds. The maximum absolute atomic E-state index is 13.0.